The average Bonchev–Trinajstić information content (AvgIpc) is 3.36. The number of carbonyl (C=O) groups is 1. The van der Waals surface area contributed by atoms with E-state index in [0.29, 0.717) is 12.5 Å². The van der Waals surface area contributed by atoms with Gasteiger partial charge in [0.1, 0.15) is 0 Å². The standard InChI is InChI=1S/C26H35N5O2/c1-18-13-20-14-27-26(28-15-21-9-6-12-33-21)29-24(20)17-31(18)25(32)22-10-11-30(2)16-23(22)19-7-4-3-5-8-19/h3-5,7-8,14,18,21-23H,6,9-13,15-17H2,1-2H3,(H,27,28,29)/t18-,21+,22+,23-/m1/s1. The largest absolute Gasteiger partial charge is 0.376 e. The number of amides is 1. The topological polar surface area (TPSA) is 70.6 Å². The van der Waals surface area contributed by atoms with Crippen LogP contribution < -0.4 is 5.32 Å². The quantitative estimate of drug-likeness (QED) is 0.757. The molecule has 0 saturated carbocycles. The summed E-state index contributed by atoms with van der Waals surface area (Å²) in [5, 5.41) is 3.33. The van der Waals surface area contributed by atoms with Crippen molar-refractivity contribution in [3.8, 4) is 0 Å². The van der Waals surface area contributed by atoms with Gasteiger partial charge in [0.2, 0.25) is 11.9 Å². The van der Waals surface area contributed by atoms with Crippen LogP contribution in [0.1, 0.15) is 48.9 Å². The molecule has 1 N–H and O–H groups in total. The van der Waals surface area contributed by atoms with Crippen LogP contribution in [0.4, 0.5) is 5.95 Å². The molecule has 0 radical (unpaired) electrons. The summed E-state index contributed by atoms with van der Waals surface area (Å²) in [7, 11) is 2.15. The molecular weight excluding hydrogens is 414 g/mol. The van der Waals surface area contributed by atoms with Gasteiger partial charge in [-0.25, -0.2) is 9.97 Å². The lowest BCUT2D eigenvalue weighted by Gasteiger charge is -2.42. The number of anilines is 1. The summed E-state index contributed by atoms with van der Waals surface area (Å²) < 4.78 is 5.70. The Kier molecular flexibility index (Phi) is 6.60. The Labute approximate surface area is 196 Å². The van der Waals surface area contributed by atoms with Gasteiger partial charge in [0.05, 0.1) is 18.3 Å². The number of hydrogen-bond donors (Lipinski definition) is 1. The third-order valence-corrected chi connectivity index (χ3v) is 7.48. The highest BCUT2D eigenvalue weighted by Gasteiger charge is 2.39. The number of nitrogens with zero attached hydrogens (tertiary/aromatic N) is 4. The third kappa shape index (κ3) is 4.89. The molecule has 33 heavy (non-hydrogen) atoms. The van der Waals surface area contributed by atoms with Crippen LogP contribution in [0.25, 0.3) is 0 Å². The molecule has 2 aromatic rings. The number of rotatable bonds is 5. The van der Waals surface area contributed by atoms with Gasteiger partial charge < -0.3 is 19.9 Å². The van der Waals surface area contributed by atoms with Gasteiger partial charge in [0, 0.05) is 43.8 Å². The van der Waals surface area contributed by atoms with Crippen molar-refractivity contribution in [1.82, 2.24) is 19.8 Å². The van der Waals surface area contributed by atoms with Crippen molar-refractivity contribution in [1.29, 1.82) is 0 Å². The maximum absolute atomic E-state index is 13.9. The smallest absolute Gasteiger partial charge is 0.227 e. The van der Waals surface area contributed by atoms with Crippen LogP contribution in [0.15, 0.2) is 36.5 Å². The number of likely N-dealkylation sites (N-methyl/N-ethyl adjacent to an activating group) is 1. The molecule has 4 heterocycles. The van der Waals surface area contributed by atoms with Crippen molar-refractivity contribution >= 4 is 11.9 Å². The van der Waals surface area contributed by atoms with E-state index in [4.69, 9.17) is 9.72 Å². The molecule has 176 valence electrons. The summed E-state index contributed by atoms with van der Waals surface area (Å²) in [6, 6.07) is 10.7. The Bertz CT molecular complexity index is 962. The molecule has 0 bridgehead atoms. The molecule has 0 aliphatic carbocycles. The fourth-order valence-corrected chi connectivity index (χ4v) is 5.55. The Hall–Kier alpha value is -2.51. The lowest BCUT2D eigenvalue weighted by Crippen LogP contribution is -2.50. The summed E-state index contributed by atoms with van der Waals surface area (Å²) >= 11 is 0. The van der Waals surface area contributed by atoms with E-state index in [-0.39, 0.29) is 29.9 Å². The first kappa shape index (κ1) is 22.3. The molecule has 1 aromatic heterocycles. The van der Waals surface area contributed by atoms with Crippen LogP contribution >= 0.6 is 0 Å². The maximum Gasteiger partial charge on any atom is 0.227 e. The van der Waals surface area contributed by atoms with Gasteiger partial charge in [0.15, 0.2) is 0 Å². The van der Waals surface area contributed by atoms with E-state index in [0.717, 1.165) is 63.2 Å². The molecule has 5 rings (SSSR count). The number of piperidine rings is 1. The average molecular weight is 450 g/mol. The summed E-state index contributed by atoms with van der Waals surface area (Å²) in [4.78, 5) is 27.6. The molecule has 4 atom stereocenters. The zero-order valence-electron chi connectivity index (χ0n) is 19.7. The van der Waals surface area contributed by atoms with Gasteiger partial charge in [-0.1, -0.05) is 30.3 Å². The van der Waals surface area contributed by atoms with E-state index in [1.807, 2.05) is 12.3 Å². The van der Waals surface area contributed by atoms with E-state index in [9.17, 15) is 4.79 Å². The molecule has 2 saturated heterocycles. The second-order valence-electron chi connectivity index (χ2n) is 9.88. The second-order valence-corrected chi connectivity index (χ2v) is 9.88. The second kappa shape index (κ2) is 9.77. The van der Waals surface area contributed by atoms with Crippen molar-refractivity contribution in [3.63, 3.8) is 0 Å². The van der Waals surface area contributed by atoms with Crippen LogP contribution in [0.5, 0.6) is 0 Å². The number of hydrogen-bond acceptors (Lipinski definition) is 6. The van der Waals surface area contributed by atoms with Gasteiger partial charge in [-0.3, -0.25) is 4.79 Å². The predicted molar refractivity (Wildman–Crippen MR) is 128 cm³/mol. The summed E-state index contributed by atoms with van der Waals surface area (Å²) in [5.74, 6) is 1.13. The van der Waals surface area contributed by atoms with Crippen molar-refractivity contribution in [2.45, 2.75) is 57.2 Å². The molecule has 3 aliphatic rings. The van der Waals surface area contributed by atoms with Crippen LogP contribution in [0.2, 0.25) is 0 Å². The van der Waals surface area contributed by atoms with Crippen LogP contribution in [0.3, 0.4) is 0 Å². The molecule has 0 unspecified atom stereocenters. The SMILES string of the molecule is C[C@@H]1Cc2cnc(NC[C@@H]3CCCO3)nc2CN1C(=O)[C@H]1CCN(C)C[C@@H]1c1ccccc1. The summed E-state index contributed by atoms with van der Waals surface area (Å²) in [6.45, 7) is 6.15. The Morgan fingerprint density at radius 1 is 1.24 bits per heavy atom. The first-order valence-electron chi connectivity index (χ1n) is 12.3. The highest BCUT2D eigenvalue weighted by Crippen LogP contribution is 2.35. The van der Waals surface area contributed by atoms with E-state index < -0.39 is 0 Å². The summed E-state index contributed by atoms with van der Waals surface area (Å²) in [6.07, 6.45) is 6.06. The zero-order chi connectivity index (χ0) is 22.8. The summed E-state index contributed by atoms with van der Waals surface area (Å²) in [5.41, 5.74) is 3.38. The Morgan fingerprint density at radius 2 is 2.09 bits per heavy atom. The van der Waals surface area contributed by atoms with Gasteiger partial charge in [-0.05, 0) is 57.3 Å². The number of ether oxygens (including phenoxy) is 1. The number of likely N-dealkylation sites (tertiary alicyclic amines) is 1. The highest BCUT2D eigenvalue weighted by atomic mass is 16.5. The van der Waals surface area contributed by atoms with Gasteiger partial charge in [-0.15, -0.1) is 0 Å². The fourth-order valence-electron chi connectivity index (χ4n) is 5.55. The monoisotopic (exact) mass is 449 g/mol. The first-order chi connectivity index (χ1) is 16.1. The lowest BCUT2D eigenvalue weighted by molar-refractivity contribution is -0.141. The Balaban J connectivity index is 1.32. The van der Waals surface area contributed by atoms with E-state index in [1.165, 1.54) is 5.56 Å². The number of carbonyl (C=O) groups excluding carboxylic acids is 1. The number of nitrogens with one attached hydrogen (secondary N) is 1. The van der Waals surface area contributed by atoms with Crippen LogP contribution in [-0.2, 0) is 22.5 Å². The predicted octanol–water partition coefficient (Wildman–Crippen LogP) is 3.08. The molecule has 0 spiro atoms. The number of aromatic nitrogens is 2. The molecule has 1 amide bonds. The fraction of sp³-hybridized carbons (Fsp3) is 0.577. The van der Waals surface area contributed by atoms with Gasteiger partial charge in [0.25, 0.3) is 0 Å². The highest BCUT2D eigenvalue weighted by molar-refractivity contribution is 5.80. The van der Waals surface area contributed by atoms with Gasteiger partial charge >= 0.3 is 0 Å². The molecule has 7 nitrogen and oxygen atoms in total. The van der Waals surface area contributed by atoms with Crippen molar-refractivity contribution in [2.24, 2.45) is 5.92 Å². The molecular formula is C26H35N5O2. The zero-order valence-corrected chi connectivity index (χ0v) is 19.7. The van der Waals surface area contributed by atoms with Crippen LogP contribution in [-0.4, -0.2) is 71.1 Å². The molecule has 3 aliphatic heterocycles. The number of fused-ring (bicyclic) bond motifs is 1. The minimum Gasteiger partial charge on any atom is -0.376 e. The van der Waals surface area contributed by atoms with E-state index in [2.05, 4.69) is 58.3 Å². The normalized spacial score (nSPS) is 27.9. The van der Waals surface area contributed by atoms with E-state index >= 15 is 0 Å². The minimum absolute atomic E-state index is 0.00606. The molecule has 2 fully saturated rings. The van der Waals surface area contributed by atoms with Crippen LogP contribution in [0, 0.1) is 5.92 Å². The first-order valence-corrected chi connectivity index (χ1v) is 12.3. The molecule has 1 aromatic carbocycles. The number of benzene rings is 1. The van der Waals surface area contributed by atoms with Gasteiger partial charge in [-0.2, -0.15) is 0 Å². The molecule has 7 heteroatoms. The Morgan fingerprint density at radius 3 is 2.88 bits per heavy atom. The van der Waals surface area contributed by atoms with Crippen molar-refractivity contribution in [2.75, 3.05) is 38.6 Å². The van der Waals surface area contributed by atoms with Crippen molar-refractivity contribution in [3.05, 3.63) is 53.3 Å². The van der Waals surface area contributed by atoms with Crippen molar-refractivity contribution < 1.29 is 9.53 Å². The minimum atomic E-state index is 0.00606. The third-order valence-electron chi connectivity index (χ3n) is 7.48. The lowest BCUT2D eigenvalue weighted by atomic mass is 9.79. The van der Waals surface area contributed by atoms with E-state index in [1.54, 1.807) is 0 Å². The maximum atomic E-state index is 13.9.